The predicted octanol–water partition coefficient (Wildman–Crippen LogP) is 1.28. The van der Waals surface area contributed by atoms with E-state index in [2.05, 4.69) is 0 Å². The van der Waals surface area contributed by atoms with Crippen LogP contribution in [-0.2, 0) is 19.2 Å². The molecule has 2 rings (SSSR count). The molecule has 0 N–H and O–H groups in total. The second kappa shape index (κ2) is 5.82. The first-order chi connectivity index (χ1) is 8.40. The molecule has 0 aromatic carbocycles. The van der Waals surface area contributed by atoms with Crippen LogP contribution in [0.4, 0.5) is 0 Å². The molecule has 4 nitrogen and oxygen atoms in total. The summed E-state index contributed by atoms with van der Waals surface area (Å²) in [6.45, 7) is 3.28. The lowest BCUT2D eigenvalue weighted by Gasteiger charge is -2.03. The van der Waals surface area contributed by atoms with Gasteiger partial charge in [-0.1, -0.05) is 0 Å². The van der Waals surface area contributed by atoms with Gasteiger partial charge in [-0.2, -0.15) is 0 Å². The Morgan fingerprint density at radius 1 is 0.611 bits per heavy atom. The first-order valence-corrected chi connectivity index (χ1v) is 5.29. The number of allylic oxidation sites excluding steroid dienone is 8. The molecule has 0 aromatic rings. The number of carbonyl (C=O) groups excluding carboxylic acids is 4. The first-order valence-electron chi connectivity index (χ1n) is 5.29. The van der Waals surface area contributed by atoms with Gasteiger partial charge in [-0.15, -0.1) is 0 Å². The summed E-state index contributed by atoms with van der Waals surface area (Å²) < 4.78 is 0. The van der Waals surface area contributed by atoms with Crippen LogP contribution in [0.2, 0.25) is 0 Å². The molecule has 2 aliphatic rings. The Kier molecular flexibility index (Phi) is 4.43. The molecule has 0 unspecified atom stereocenters. The number of ketones is 4. The van der Waals surface area contributed by atoms with Crippen molar-refractivity contribution in [2.75, 3.05) is 0 Å². The lowest BCUT2D eigenvalue weighted by molar-refractivity contribution is -0.115. The molecule has 0 radical (unpaired) electrons. The van der Waals surface area contributed by atoms with Crippen LogP contribution in [0.5, 0.6) is 0 Å². The maximum atomic E-state index is 10.9. The summed E-state index contributed by atoms with van der Waals surface area (Å²) in [5.41, 5.74) is 1.05. The fourth-order valence-electron chi connectivity index (χ4n) is 1.20. The molecule has 4 heteroatoms. The Morgan fingerprint density at radius 2 is 0.889 bits per heavy atom. The zero-order valence-corrected chi connectivity index (χ0v) is 10.1. The SMILES string of the molecule is CC1=CC(=O)C(C)=CC1=O.O=C1C=CC(=O)C=C1. The van der Waals surface area contributed by atoms with Gasteiger partial charge in [0.05, 0.1) is 0 Å². The minimum absolute atomic E-state index is 0.0582. The van der Waals surface area contributed by atoms with E-state index in [0.717, 1.165) is 0 Å². The van der Waals surface area contributed by atoms with E-state index < -0.39 is 0 Å². The van der Waals surface area contributed by atoms with Crippen molar-refractivity contribution in [2.45, 2.75) is 13.8 Å². The van der Waals surface area contributed by atoms with Crippen molar-refractivity contribution in [3.05, 3.63) is 47.6 Å². The molecule has 0 heterocycles. The highest BCUT2D eigenvalue weighted by Crippen LogP contribution is 2.09. The molecule has 0 spiro atoms. The van der Waals surface area contributed by atoms with Gasteiger partial charge in [0.15, 0.2) is 23.1 Å². The normalized spacial score (nSPS) is 18.1. The van der Waals surface area contributed by atoms with E-state index in [9.17, 15) is 19.2 Å². The zero-order chi connectivity index (χ0) is 13.7. The van der Waals surface area contributed by atoms with Gasteiger partial charge in [0.25, 0.3) is 0 Å². The molecule has 0 bridgehead atoms. The average Bonchev–Trinajstić information content (AvgIpc) is 2.31. The molecular formula is C14H12O4. The van der Waals surface area contributed by atoms with Crippen molar-refractivity contribution in [2.24, 2.45) is 0 Å². The van der Waals surface area contributed by atoms with Crippen molar-refractivity contribution in [3.63, 3.8) is 0 Å². The van der Waals surface area contributed by atoms with Crippen LogP contribution in [0.25, 0.3) is 0 Å². The summed E-state index contributed by atoms with van der Waals surface area (Å²) in [5, 5.41) is 0. The topological polar surface area (TPSA) is 68.3 Å². The van der Waals surface area contributed by atoms with Gasteiger partial charge in [-0.05, 0) is 50.3 Å². The number of carbonyl (C=O) groups is 4. The summed E-state index contributed by atoms with van der Waals surface area (Å²) in [7, 11) is 0. The highest BCUT2D eigenvalue weighted by Gasteiger charge is 2.12. The molecule has 0 atom stereocenters. The van der Waals surface area contributed by atoms with Gasteiger partial charge in [0.2, 0.25) is 0 Å². The molecule has 0 aromatic heterocycles. The molecule has 0 saturated heterocycles. The molecule has 0 amide bonds. The van der Waals surface area contributed by atoms with Crippen molar-refractivity contribution in [1.29, 1.82) is 0 Å². The summed E-state index contributed by atoms with van der Waals surface area (Å²) in [5.74, 6) is -0.358. The van der Waals surface area contributed by atoms with Gasteiger partial charge in [0.1, 0.15) is 0 Å². The Morgan fingerprint density at radius 3 is 1.17 bits per heavy atom. The smallest absolute Gasteiger partial charge is 0.182 e. The van der Waals surface area contributed by atoms with Gasteiger partial charge >= 0.3 is 0 Å². The van der Waals surface area contributed by atoms with Crippen LogP contribution >= 0.6 is 0 Å². The third-order valence-corrected chi connectivity index (χ3v) is 2.30. The minimum atomic E-state index is -0.121. The lowest BCUT2D eigenvalue weighted by atomic mass is 10.00. The van der Waals surface area contributed by atoms with Crippen molar-refractivity contribution in [1.82, 2.24) is 0 Å². The number of hydrogen-bond donors (Lipinski definition) is 0. The molecule has 18 heavy (non-hydrogen) atoms. The van der Waals surface area contributed by atoms with Crippen LogP contribution in [-0.4, -0.2) is 23.1 Å². The van der Waals surface area contributed by atoms with Crippen molar-refractivity contribution >= 4 is 23.1 Å². The summed E-state index contributed by atoms with van der Waals surface area (Å²) in [4.78, 5) is 42.3. The van der Waals surface area contributed by atoms with E-state index in [4.69, 9.17) is 0 Å². The van der Waals surface area contributed by atoms with Gasteiger partial charge in [0, 0.05) is 11.1 Å². The number of hydrogen-bond acceptors (Lipinski definition) is 4. The van der Waals surface area contributed by atoms with E-state index >= 15 is 0 Å². The molecule has 0 aliphatic heterocycles. The maximum absolute atomic E-state index is 10.9. The highest BCUT2D eigenvalue weighted by atomic mass is 16.1. The van der Waals surface area contributed by atoms with Crippen LogP contribution < -0.4 is 0 Å². The lowest BCUT2D eigenvalue weighted by Crippen LogP contribution is -2.08. The monoisotopic (exact) mass is 244 g/mol. The van der Waals surface area contributed by atoms with E-state index in [-0.39, 0.29) is 23.1 Å². The van der Waals surface area contributed by atoms with Crippen LogP contribution in [0.3, 0.4) is 0 Å². The Hall–Kier alpha value is -2.36. The number of rotatable bonds is 0. The Balaban J connectivity index is 0.000000184. The van der Waals surface area contributed by atoms with Gasteiger partial charge in [-0.3, -0.25) is 19.2 Å². The predicted molar refractivity (Wildman–Crippen MR) is 65.8 cm³/mol. The third-order valence-electron chi connectivity index (χ3n) is 2.30. The van der Waals surface area contributed by atoms with Crippen LogP contribution in [0.1, 0.15) is 13.8 Å². The van der Waals surface area contributed by atoms with Crippen LogP contribution in [0.15, 0.2) is 47.6 Å². The fraction of sp³-hybridized carbons (Fsp3) is 0.143. The van der Waals surface area contributed by atoms with Crippen LogP contribution in [0, 0.1) is 0 Å². The second-order valence-corrected chi connectivity index (χ2v) is 3.85. The third kappa shape index (κ3) is 3.90. The van der Waals surface area contributed by atoms with Gasteiger partial charge < -0.3 is 0 Å². The molecule has 0 saturated carbocycles. The van der Waals surface area contributed by atoms with E-state index in [1.54, 1.807) is 13.8 Å². The molecular weight excluding hydrogens is 232 g/mol. The van der Waals surface area contributed by atoms with E-state index in [1.807, 2.05) is 0 Å². The first kappa shape index (κ1) is 13.7. The quantitative estimate of drug-likeness (QED) is 0.602. The second-order valence-electron chi connectivity index (χ2n) is 3.85. The van der Waals surface area contributed by atoms with Crippen molar-refractivity contribution in [3.8, 4) is 0 Å². The van der Waals surface area contributed by atoms with E-state index in [0.29, 0.717) is 11.1 Å². The van der Waals surface area contributed by atoms with Gasteiger partial charge in [-0.25, -0.2) is 0 Å². The standard InChI is InChI=1S/C8H8O2.C6H4O2/c1-5-3-8(10)6(2)4-7(5)9;7-5-1-2-6(8)4-3-5/h3-4H,1-2H3;1-4H. The molecule has 92 valence electrons. The molecule has 2 aliphatic carbocycles. The summed E-state index contributed by atoms with van der Waals surface area (Å²) in [6, 6.07) is 0. The summed E-state index contributed by atoms with van der Waals surface area (Å²) in [6.07, 6.45) is 7.75. The van der Waals surface area contributed by atoms with E-state index in [1.165, 1.54) is 36.5 Å². The zero-order valence-electron chi connectivity index (χ0n) is 10.1. The largest absolute Gasteiger partial charge is 0.290 e. The maximum Gasteiger partial charge on any atom is 0.182 e. The molecule has 0 fully saturated rings. The Labute approximate surface area is 104 Å². The fourth-order valence-corrected chi connectivity index (χ4v) is 1.20. The highest BCUT2D eigenvalue weighted by molar-refractivity contribution is 6.19. The van der Waals surface area contributed by atoms with Crippen molar-refractivity contribution < 1.29 is 19.2 Å². The minimum Gasteiger partial charge on any atom is -0.290 e. The Bertz CT molecular complexity index is 476. The summed E-state index contributed by atoms with van der Waals surface area (Å²) >= 11 is 0. The average molecular weight is 244 g/mol.